The Labute approximate surface area is 192 Å². The number of fused-ring (bicyclic) bond motifs is 2. The van der Waals surface area contributed by atoms with Gasteiger partial charge in [0.2, 0.25) is 0 Å². The summed E-state index contributed by atoms with van der Waals surface area (Å²) in [6.07, 6.45) is 9.00. The van der Waals surface area contributed by atoms with Gasteiger partial charge in [0.25, 0.3) is 0 Å². The second-order valence-electron chi connectivity index (χ2n) is 9.13. The predicted molar refractivity (Wildman–Crippen MR) is 128 cm³/mol. The lowest BCUT2D eigenvalue weighted by Gasteiger charge is -2.31. The maximum atomic E-state index is 13.8. The van der Waals surface area contributed by atoms with Gasteiger partial charge in [0, 0.05) is 23.0 Å². The molecule has 1 fully saturated rings. The number of nitrogens with one attached hydrogen (secondary N) is 1. The normalized spacial score (nSPS) is 19.3. The lowest BCUT2D eigenvalue weighted by Crippen LogP contribution is -2.23. The monoisotopic (exact) mass is 439 g/mol. The molecule has 0 aliphatic heterocycles. The summed E-state index contributed by atoms with van der Waals surface area (Å²) in [5.74, 6) is 1.71. The van der Waals surface area contributed by atoms with Gasteiger partial charge >= 0.3 is 0 Å². The Morgan fingerprint density at radius 2 is 1.85 bits per heavy atom. The predicted octanol–water partition coefficient (Wildman–Crippen LogP) is 6.35. The minimum atomic E-state index is -0.202. The zero-order valence-electron chi connectivity index (χ0n) is 18.6. The molecule has 0 spiro atoms. The smallest absolute Gasteiger partial charge is 0.137 e. The number of aromatic nitrogens is 3. The molecule has 1 aliphatic rings. The molecule has 6 heteroatoms. The highest BCUT2D eigenvalue weighted by Gasteiger charge is 2.25. The van der Waals surface area contributed by atoms with Crippen molar-refractivity contribution in [2.45, 2.75) is 51.0 Å². The number of pyridine rings is 1. The molecule has 1 atom stereocenters. The van der Waals surface area contributed by atoms with Gasteiger partial charge in [-0.1, -0.05) is 0 Å². The molecule has 2 aromatic heterocycles. The highest BCUT2D eigenvalue weighted by molar-refractivity contribution is 5.89. The Kier molecular flexibility index (Phi) is 5.87. The van der Waals surface area contributed by atoms with Gasteiger partial charge in [0.05, 0.1) is 22.7 Å². The van der Waals surface area contributed by atoms with E-state index in [9.17, 15) is 4.39 Å². The second-order valence-corrected chi connectivity index (χ2v) is 9.13. The van der Waals surface area contributed by atoms with Crippen molar-refractivity contribution < 1.29 is 4.39 Å². The molecule has 1 N–H and O–H groups in total. The van der Waals surface area contributed by atoms with Gasteiger partial charge in [-0.2, -0.15) is 5.26 Å². The topological polar surface area (TPSA) is 74.5 Å². The summed E-state index contributed by atoms with van der Waals surface area (Å²) in [6.45, 7) is 2.20. The molecule has 0 unspecified atom stereocenters. The van der Waals surface area contributed by atoms with Crippen LogP contribution in [0.4, 0.5) is 10.2 Å². The molecule has 166 valence electrons. The molecular formula is C27H26FN5. The maximum Gasteiger partial charge on any atom is 0.137 e. The van der Waals surface area contributed by atoms with Crippen LogP contribution in [0.2, 0.25) is 0 Å². The summed E-state index contributed by atoms with van der Waals surface area (Å²) in [5, 5.41) is 14.6. The van der Waals surface area contributed by atoms with Gasteiger partial charge in [-0.05, 0) is 98.9 Å². The molecule has 0 saturated heterocycles. The van der Waals surface area contributed by atoms with Gasteiger partial charge in [-0.3, -0.25) is 4.98 Å². The van der Waals surface area contributed by atoms with Gasteiger partial charge in [-0.15, -0.1) is 0 Å². The number of rotatable bonds is 5. The molecule has 4 aromatic rings. The molecule has 5 nitrogen and oxygen atoms in total. The van der Waals surface area contributed by atoms with Crippen molar-refractivity contribution in [2.75, 3.05) is 5.32 Å². The van der Waals surface area contributed by atoms with Gasteiger partial charge in [0.1, 0.15) is 18.0 Å². The number of halogens is 1. The average molecular weight is 440 g/mol. The van der Waals surface area contributed by atoms with Crippen LogP contribution in [0, 0.1) is 23.1 Å². The minimum Gasteiger partial charge on any atom is -0.367 e. The highest BCUT2D eigenvalue weighted by atomic mass is 19.1. The molecule has 0 amide bonds. The lowest BCUT2D eigenvalue weighted by molar-refractivity contribution is 0.302. The van der Waals surface area contributed by atoms with E-state index in [0.29, 0.717) is 17.4 Å². The van der Waals surface area contributed by atoms with Crippen molar-refractivity contribution in [1.82, 2.24) is 15.0 Å². The van der Waals surface area contributed by atoms with E-state index in [1.807, 2.05) is 12.3 Å². The molecule has 2 aromatic carbocycles. The number of benzene rings is 2. The Bertz CT molecular complexity index is 1340. The lowest BCUT2D eigenvalue weighted by atomic mass is 9.76. The average Bonchev–Trinajstić information content (AvgIpc) is 2.84. The van der Waals surface area contributed by atoms with Crippen molar-refractivity contribution >= 4 is 27.6 Å². The number of anilines is 1. The van der Waals surface area contributed by atoms with Crippen LogP contribution >= 0.6 is 0 Å². The van der Waals surface area contributed by atoms with Crippen LogP contribution in [-0.4, -0.2) is 21.0 Å². The third-order valence-electron chi connectivity index (χ3n) is 6.86. The first kappa shape index (κ1) is 21.3. The summed E-state index contributed by atoms with van der Waals surface area (Å²) in [7, 11) is 0. The van der Waals surface area contributed by atoms with E-state index in [-0.39, 0.29) is 11.9 Å². The van der Waals surface area contributed by atoms with Gasteiger partial charge in [0.15, 0.2) is 0 Å². The molecule has 33 heavy (non-hydrogen) atoms. The first-order chi connectivity index (χ1) is 16.1. The first-order valence-electron chi connectivity index (χ1n) is 11.6. The number of hydrogen-bond acceptors (Lipinski definition) is 5. The van der Waals surface area contributed by atoms with E-state index in [1.54, 1.807) is 30.6 Å². The van der Waals surface area contributed by atoms with Crippen molar-refractivity contribution in [2.24, 2.45) is 5.92 Å². The van der Waals surface area contributed by atoms with Crippen molar-refractivity contribution in [3.63, 3.8) is 0 Å². The molecular weight excluding hydrogens is 413 g/mol. The first-order valence-corrected chi connectivity index (χ1v) is 11.6. The molecule has 5 rings (SSSR count). The summed E-state index contributed by atoms with van der Waals surface area (Å²) in [5.41, 5.74) is 3.48. The Morgan fingerprint density at radius 3 is 2.67 bits per heavy atom. The molecule has 0 bridgehead atoms. The van der Waals surface area contributed by atoms with Crippen LogP contribution in [0.3, 0.4) is 0 Å². The van der Waals surface area contributed by atoms with E-state index in [0.717, 1.165) is 59.7 Å². The van der Waals surface area contributed by atoms with Gasteiger partial charge < -0.3 is 5.32 Å². The SMILES string of the molecule is C[C@H](CC1CCC(c2ccnc3ccc(F)cc23)CC1)Nc1ncnc2cc(C#N)ccc12. The Morgan fingerprint density at radius 1 is 1.00 bits per heavy atom. The van der Waals surface area contributed by atoms with E-state index in [1.165, 1.54) is 11.6 Å². The zero-order chi connectivity index (χ0) is 22.8. The van der Waals surface area contributed by atoms with Crippen LogP contribution in [0.5, 0.6) is 0 Å². The van der Waals surface area contributed by atoms with Crippen LogP contribution in [0.25, 0.3) is 21.8 Å². The quantitative estimate of drug-likeness (QED) is 0.392. The summed E-state index contributed by atoms with van der Waals surface area (Å²) < 4.78 is 13.8. The number of nitriles is 1. The van der Waals surface area contributed by atoms with Gasteiger partial charge in [-0.25, -0.2) is 14.4 Å². The Balaban J connectivity index is 1.23. The van der Waals surface area contributed by atoms with Crippen molar-refractivity contribution in [3.05, 3.63) is 71.9 Å². The van der Waals surface area contributed by atoms with Crippen LogP contribution in [0.1, 0.15) is 56.1 Å². The molecule has 1 aliphatic carbocycles. The third-order valence-corrected chi connectivity index (χ3v) is 6.86. The van der Waals surface area contributed by atoms with Crippen LogP contribution < -0.4 is 5.32 Å². The molecule has 1 saturated carbocycles. The van der Waals surface area contributed by atoms with E-state index in [2.05, 4.69) is 39.3 Å². The molecule has 2 heterocycles. The largest absolute Gasteiger partial charge is 0.367 e. The third kappa shape index (κ3) is 4.49. The highest BCUT2D eigenvalue weighted by Crippen LogP contribution is 2.40. The summed E-state index contributed by atoms with van der Waals surface area (Å²) in [4.78, 5) is 13.2. The van der Waals surface area contributed by atoms with Crippen LogP contribution in [-0.2, 0) is 0 Å². The minimum absolute atomic E-state index is 0.202. The van der Waals surface area contributed by atoms with E-state index in [4.69, 9.17) is 5.26 Å². The zero-order valence-corrected chi connectivity index (χ0v) is 18.6. The van der Waals surface area contributed by atoms with E-state index < -0.39 is 0 Å². The number of nitrogens with zero attached hydrogens (tertiary/aromatic N) is 4. The molecule has 0 radical (unpaired) electrons. The van der Waals surface area contributed by atoms with Crippen LogP contribution in [0.15, 0.2) is 55.0 Å². The van der Waals surface area contributed by atoms with Crippen molar-refractivity contribution in [3.8, 4) is 6.07 Å². The Hall–Kier alpha value is -3.59. The second kappa shape index (κ2) is 9.11. The summed E-state index contributed by atoms with van der Waals surface area (Å²) >= 11 is 0. The number of hydrogen-bond donors (Lipinski definition) is 1. The van der Waals surface area contributed by atoms with Crippen molar-refractivity contribution in [1.29, 1.82) is 5.26 Å². The standard InChI is InChI=1S/C27H26FN5/c1-17(33-27-23-8-4-19(15-29)13-26(23)31-16-32-27)12-18-2-5-20(6-3-18)22-10-11-30-25-9-7-21(28)14-24(22)25/h4,7-11,13-14,16-18,20H,2-3,5-6,12H2,1H3,(H,31,32,33)/t17-,18?,20?/m1/s1. The fraction of sp³-hybridized carbons (Fsp3) is 0.333. The maximum absolute atomic E-state index is 13.8. The van der Waals surface area contributed by atoms with E-state index >= 15 is 0 Å². The summed E-state index contributed by atoms with van der Waals surface area (Å²) in [6, 6.07) is 14.9. The fourth-order valence-corrected chi connectivity index (χ4v) is 5.24. The fourth-order valence-electron chi connectivity index (χ4n) is 5.24.